The van der Waals surface area contributed by atoms with Gasteiger partial charge in [0.25, 0.3) is 0 Å². The maximum atomic E-state index is 4.36. The van der Waals surface area contributed by atoms with Crippen LogP contribution in [0.25, 0.3) is 5.65 Å². The van der Waals surface area contributed by atoms with E-state index in [0.717, 1.165) is 36.9 Å². The Bertz CT molecular complexity index is 803. The summed E-state index contributed by atoms with van der Waals surface area (Å²) in [6.45, 7) is 5.13. The molecule has 0 saturated carbocycles. The fourth-order valence-electron chi connectivity index (χ4n) is 2.83. The van der Waals surface area contributed by atoms with Gasteiger partial charge >= 0.3 is 0 Å². The lowest BCUT2D eigenvalue weighted by molar-refractivity contribution is 0.458. The van der Waals surface area contributed by atoms with Gasteiger partial charge in [0, 0.05) is 24.9 Å². The van der Waals surface area contributed by atoms with Gasteiger partial charge in [0.1, 0.15) is 17.5 Å². The fraction of sp³-hybridized carbons (Fsp3) is 0.538. The van der Waals surface area contributed by atoms with Crippen molar-refractivity contribution in [2.24, 2.45) is 0 Å². The lowest BCUT2D eigenvalue weighted by Gasteiger charge is -2.26. The van der Waals surface area contributed by atoms with Gasteiger partial charge < -0.3 is 9.88 Å². The monoisotopic (exact) mass is 299 g/mol. The number of tetrazole rings is 1. The van der Waals surface area contributed by atoms with Crippen LogP contribution < -0.4 is 5.32 Å². The molecule has 0 spiro atoms. The average Bonchev–Trinajstić information content (AvgIpc) is 3.12. The molecule has 0 aromatic carbocycles. The molecule has 0 saturated heterocycles. The highest BCUT2D eigenvalue weighted by Gasteiger charge is 2.24. The van der Waals surface area contributed by atoms with E-state index in [0.29, 0.717) is 17.6 Å². The Morgan fingerprint density at radius 3 is 3.00 bits per heavy atom. The van der Waals surface area contributed by atoms with Crippen LogP contribution in [-0.2, 0) is 13.0 Å². The largest absolute Gasteiger partial charge is 0.364 e. The van der Waals surface area contributed by atoms with Crippen LogP contribution in [0.3, 0.4) is 0 Å². The normalized spacial score (nSPS) is 17.9. The van der Waals surface area contributed by atoms with Gasteiger partial charge in [-0.3, -0.25) is 0 Å². The van der Waals surface area contributed by atoms with Crippen molar-refractivity contribution in [1.29, 1.82) is 0 Å². The van der Waals surface area contributed by atoms with Crippen molar-refractivity contribution in [2.75, 3.05) is 5.32 Å². The summed E-state index contributed by atoms with van der Waals surface area (Å²) in [6, 6.07) is 4.04. The first-order chi connectivity index (χ1) is 10.7. The van der Waals surface area contributed by atoms with Gasteiger partial charge in [-0.1, -0.05) is 13.8 Å². The van der Waals surface area contributed by atoms with E-state index < -0.39 is 0 Å². The third-order valence-corrected chi connectivity index (χ3v) is 3.91. The van der Waals surface area contributed by atoms with E-state index in [1.54, 1.807) is 0 Å². The van der Waals surface area contributed by atoms with Crippen molar-refractivity contribution in [2.45, 2.75) is 45.2 Å². The topological polar surface area (TPSA) is 98.7 Å². The van der Waals surface area contributed by atoms with E-state index in [1.807, 2.05) is 12.1 Å². The molecule has 3 aromatic heterocycles. The van der Waals surface area contributed by atoms with Gasteiger partial charge in [-0.25, -0.2) is 0 Å². The molecular formula is C13H17N9. The third kappa shape index (κ3) is 2.18. The molecule has 4 heterocycles. The molecule has 1 N–H and O–H groups in total. The molecule has 3 aromatic rings. The zero-order valence-electron chi connectivity index (χ0n) is 12.5. The first-order valence-electron chi connectivity index (χ1n) is 7.44. The molecular weight excluding hydrogens is 282 g/mol. The number of aromatic nitrogens is 8. The minimum atomic E-state index is 0.294. The summed E-state index contributed by atoms with van der Waals surface area (Å²) < 4.78 is 3.65. The van der Waals surface area contributed by atoms with Crippen molar-refractivity contribution < 1.29 is 0 Å². The van der Waals surface area contributed by atoms with Gasteiger partial charge in [0.05, 0.1) is 0 Å². The van der Waals surface area contributed by atoms with Crippen LogP contribution in [0.5, 0.6) is 0 Å². The molecule has 1 aliphatic rings. The standard InChI is InChI=1S/C13H17N9/c1-8(2)13-17-15-11-5-3-9(7-21(11)13)14-10-4-6-12-16-19-20-22(12)18-10/h4,6,8-9H,3,5,7H2,1-2H3,(H,14,18)/t9-/m1/s1. The van der Waals surface area contributed by atoms with Crippen LogP contribution in [0.2, 0.25) is 0 Å². The predicted molar refractivity (Wildman–Crippen MR) is 78.4 cm³/mol. The first-order valence-corrected chi connectivity index (χ1v) is 7.44. The Balaban J connectivity index is 1.55. The molecule has 0 aliphatic carbocycles. The second-order valence-electron chi connectivity index (χ2n) is 5.86. The maximum Gasteiger partial charge on any atom is 0.200 e. The number of nitrogens with zero attached hydrogens (tertiary/aromatic N) is 8. The summed E-state index contributed by atoms with van der Waals surface area (Å²) in [7, 11) is 0. The molecule has 4 rings (SSSR count). The van der Waals surface area contributed by atoms with Gasteiger partial charge in [0.15, 0.2) is 5.65 Å². The first kappa shape index (κ1) is 13.1. The number of nitrogens with one attached hydrogen (secondary N) is 1. The summed E-state index contributed by atoms with van der Waals surface area (Å²) in [6.07, 6.45) is 1.93. The number of hydrogen-bond donors (Lipinski definition) is 1. The van der Waals surface area contributed by atoms with Crippen LogP contribution >= 0.6 is 0 Å². The molecule has 0 radical (unpaired) electrons. The lowest BCUT2D eigenvalue weighted by Crippen LogP contribution is -2.32. The molecule has 9 heteroatoms. The highest BCUT2D eigenvalue weighted by atomic mass is 15.6. The van der Waals surface area contributed by atoms with Gasteiger partial charge in [-0.15, -0.1) is 25.0 Å². The van der Waals surface area contributed by atoms with Crippen LogP contribution in [0.1, 0.15) is 37.8 Å². The number of hydrogen-bond acceptors (Lipinski definition) is 7. The van der Waals surface area contributed by atoms with Gasteiger partial charge in [-0.05, 0) is 29.0 Å². The van der Waals surface area contributed by atoms with E-state index in [4.69, 9.17) is 0 Å². The second kappa shape index (κ2) is 5.00. The second-order valence-corrected chi connectivity index (χ2v) is 5.86. The molecule has 0 bridgehead atoms. The van der Waals surface area contributed by atoms with Crippen molar-refractivity contribution in [3.05, 3.63) is 23.8 Å². The smallest absolute Gasteiger partial charge is 0.200 e. The quantitative estimate of drug-likeness (QED) is 0.758. The number of fused-ring (bicyclic) bond motifs is 2. The summed E-state index contributed by atoms with van der Waals surface area (Å²) in [4.78, 5) is 0. The molecule has 0 amide bonds. The zero-order valence-corrected chi connectivity index (χ0v) is 12.5. The van der Waals surface area contributed by atoms with E-state index in [2.05, 4.69) is 54.6 Å². The highest BCUT2D eigenvalue weighted by molar-refractivity contribution is 5.42. The Morgan fingerprint density at radius 1 is 1.23 bits per heavy atom. The summed E-state index contributed by atoms with van der Waals surface area (Å²) in [5.74, 6) is 3.26. The third-order valence-electron chi connectivity index (χ3n) is 3.91. The number of aryl methyl sites for hydroxylation is 1. The van der Waals surface area contributed by atoms with Gasteiger partial charge in [0.2, 0.25) is 0 Å². The van der Waals surface area contributed by atoms with Crippen LogP contribution in [0, 0.1) is 0 Å². The number of anilines is 1. The Labute approximate surface area is 126 Å². The average molecular weight is 299 g/mol. The SMILES string of the molecule is CC(C)c1nnc2n1C[C@H](Nc1ccc3nnnn3n1)CC2. The summed E-state index contributed by atoms with van der Waals surface area (Å²) in [5.41, 5.74) is 0.636. The van der Waals surface area contributed by atoms with E-state index >= 15 is 0 Å². The maximum absolute atomic E-state index is 4.36. The van der Waals surface area contributed by atoms with Crippen LogP contribution in [0.15, 0.2) is 12.1 Å². The Hall–Kier alpha value is -2.58. The molecule has 0 fully saturated rings. The summed E-state index contributed by atoms with van der Waals surface area (Å²) in [5, 5.41) is 27.7. The van der Waals surface area contributed by atoms with E-state index in [1.165, 1.54) is 4.63 Å². The Kier molecular flexibility index (Phi) is 2.98. The van der Waals surface area contributed by atoms with Crippen LogP contribution in [0.4, 0.5) is 5.82 Å². The fourth-order valence-corrected chi connectivity index (χ4v) is 2.83. The van der Waals surface area contributed by atoms with Crippen molar-refractivity contribution in [3.63, 3.8) is 0 Å². The predicted octanol–water partition coefficient (Wildman–Crippen LogP) is 0.661. The molecule has 1 atom stereocenters. The highest BCUT2D eigenvalue weighted by Crippen LogP contribution is 2.21. The van der Waals surface area contributed by atoms with E-state index in [-0.39, 0.29) is 0 Å². The molecule has 22 heavy (non-hydrogen) atoms. The molecule has 0 unspecified atom stereocenters. The zero-order chi connectivity index (χ0) is 15.1. The molecule has 9 nitrogen and oxygen atoms in total. The number of rotatable bonds is 3. The molecule has 114 valence electrons. The van der Waals surface area contributed by atoms with E-state index in [9.17, 15) is 0 Å². The van der Waals surface area contributed by atoms with Crippen molar-refractivity contribution >= 4 is 11.5 Å². The van der Waals surface area contributed by atoms with Crippen LogP contribution in [-0.4, -0.2) is 46.1 Å². The summed E-state index contributed by atoms with van der Waals surface area (Å²) >= 11 is 0. The van der Waals surface area contributed by atoms with Gasteiger partial charge in [-0.2, -0.15) is 0 Å². The Morgan fingerprint density at radius 2 is 2.14 bits per heavy atom. The van der Waals surface area contributed by atoms with Crippen molar-refractivity contribution in [1.82, 2.24) is 40.0 Å². The minimum absolute atomic E-state index is 0.294. The lowest BCUT2D eigenvalue weighted by atomic mass is 10.1. The minimum Gasteiger partial charge on any atom is -0.364 e. The molecule has 1 aliphatic heterocycles. The van der Waals surface area contributed by atoms with Crippen molar-refractivity contribution in [3.8, 4) is 0 Å².